The van der Waals surface area contributed by atoms with Crippen LogP contribution in [0.1, 0.15) is 24.6 Å². The molecule has 0 unspecified atom stereocenters. The van der Waals surface area contributed by atoms with Gasteiger partial charge in [-0.1, -0.05) is 0 Å². The van der Waals surface area contributed by atoms with Crippen molar-refractivity contribution in [1.82, 2.24) is 20.2 Å². The lowest BCUT2D eigenvalue weighted by Gasteiger charge is -2.25. The van der Waals surface area contributed by atoms with Crippen molar-refractivity contribution < 1.29 is 14.3 Å². The molecule has 140 valence electrons. The van der Waals surface area contributed by atoms with E-state index in [1.807, 2.05) is 19.1 Å². The number of pyridine rings is 2. The molecule has 3 aromatic rings. The third-order valence-corrected chi connectivity index (χ3v) is 4.81. The maximum absolute atomic E-state index is 11.2. The van der Waals surface area contributed by atoms with Crippen LogP contribution in [0, 0.1) is 6.92 Å². The summed E-state index contributed by atoms with van der Waals surface area (Å²) in [6.45, 7) is 4.61. The van der Waals surface area contributed by atoms with Crippen LogP contribution < -0.4 is 5.32 Å². The fraction of sp³-hybridized carbons (Fsp3) is 0.368. The second-order valence-electron chi connectivity index (χ2n) is 6.78. The van der Waals surface area contributed by atoms with Crippen LogP contribution in [-0.4, -0.2) is 46.4 Å². The Morgan fingerprint density at radius 1 is 1.37 bits per heavy atom. The molecule has 0 bridgehead atoms. The first-order chi connectivity index (χ1) is 13.0. The van der Waals surface area contributed by atoms with Gasteiger partial charge in [0.1, 0.15) is 17.1 Å². The van der Waals surface area contributed by atoms with Crippen molar-refractivity contribution in [1.29, 1.82) is 0 Å². The molecule has 1 saturated heterocycles. The highest BCUT2D eigenvalue weighted by atomic mass is 16.5. The molecule has 4 rings (SSSR count). The summed E-state index contributed by atoms with van der Waals surface area (Å²) < 4.78 is 11.3. The number of rotatable bonds is 4. The number of aryl methyl sites for hydroxylation is 1. The van der Waals surface area contributed by atoms with Crippen molar-refractivity contribution in [3.8, 4) is 11.4 Å². The van der Waals surface area contributed by atoms with E-state index < -0.39 is 5.60 Å². The number of nitrogens with one attached hydrogen (secondary N) is 2. The van der Waals surface area contributed by atoms with E-state index in [9.17, 15) is 4.79 Å². The maximum atomic E-state index is 11.2. The van der Waals surface area contributed by atoms with Crippen molar-refractivity contribution in [2.24, 2.45) is 0 Å². The maximum Gasteiger partial charge on any atom is 0.222 e. The lowest BCUT2D eigenvalue weighted by molar-refractivity contribution is -0.114. The molecule has 0 aromatic carbocycles. The molecule has 27 heavy (non-hydrogen) atoms. The Hall–Kier alpha value is -2.84. The van der Waals surface area contributed by atoms with E-state index in [-0.39, 0.29) is 5.91 Å². The second-order valence-corrected chi connectivity index (χ2v) is 6.78. The van der Waals surface area contributed by atoms with Crippen LogP contribution in [0.2, 0.25) is 0 Å². The Kier molecular flexibility index (Phi) is 4.37. The predicted molar refractivity (Wildman–Crippen MR) is 100 cm³/mol. The highest BCUT2D eigenvalue weighted by Gasteiger charge is 2.38. The van der Waals surface area contributed by atoms with Crippen LogP contribution in [0.15, 0.2) is 24.4 Å². The van der Waals surface area contributed by atoms with Gasteiger partial charge in [-0.2, -0.15) is 5.10 Å². The number of hydrogen-bond acceptors (Lipinski definition) is 6. The number of aromatic nitrogens is 4. The number of H-pyrrole nitrogens is 1. The Morgan fingerprint density at radius 3 is 2.93 bits per heavy atom. The summed E-state index contributed by atoms with van der Waals surface area (Å²) in [4.78, 5) is 20.4. The average Bonchev–Trinajstić information content (AvgIpc) is 3.28. The van der Waals surface area contributed by atoms with Crippen LogP contribution >= 0.6 is 0 Å². The summed E-state index contributed by atoms with van der Waals surface area (Å²) in [5, 5.41) is 10.9. The third kappa shape index (κ3) is 3.17. The summed E-state index contributed by atoms with van der Waals surface area (Å²) in [7, 11) is 1.69. The summed E-state index contributed by atoms with van der Waals surface area (Å²) in [5.74, 6) is 0.305. The van der Waals surface area contributed by atoms with Crippen molar-refractivity contribution in [3.05, 3.63) is 35.7 Å². The largest absolute Gasteiger partial charge is 0.378 e. The average molecular weight is 367 g/mol. The van der Waals surface area contributed by atoms with E-state index in [1.54, 1.807) is 19.4 Å². The number of fused-ring (bicyclic) bond motifs is 1. The van der Waals surface area contributed by atoms with Gasteiger partial charge in [0, 0.05) is 44.7 Å². The first-order valence-corrected chi connectivity index (χ1v) is 8.75. The van der Waals surface area contributed by atoms with Gasteiger partial charge in [0.2, 0.25) is 5.91 Å². The molecule has 8 nitrogen and oxygen atoms in total. The SMILES string of the molecule is CO[C@]1(c2cc(C)cc(-c3n[nH]c4cc(NC(C)=O)ncc34)n2)CCOC1. The topological polar surface area (TPSA) is 102 Å². The van der Waals surface area contributed by atoms with E-state index >= 15 is 0 Å². The molecule has 0 aliphatic carbocycles. The number of carbonyl (C=O) groups is 1. The van der Waals surface area contributed by atoms with Crippen molar-refractivity contribution in [3.63, 3.8) is 0 Å². The minimum atomic E-state index is -0.524. The molecule has 2 N–H and O–H groups in total. The zero-order valence-corrected chi connectivity index (χ0v) is 15.5. The smallest absolute Gasteiger partial charge is 0.222 e. The molecule has 0 spiro atoms. The number of hydrogen-bond donors (Lipinski definition) is 2. The molecule has 0 saturated carbocycles. The molecular weight excluding hydrogens is 346 g/mol. The Morgan fingerprint density at radius 2 is 2.22 bits per heavy atom. The van der Waals surface area contributed by atoms with E-state index in [2.05, 4.69) is 20.5 Å². The monoisotopic (exact) mass is 367 g/mol. The van der Waals surface area contributed by atoms with Crippen LogP contribution in [0.25, 0.3) is 22.3 Å². The summed E-state index contributed by atoms with van der Waals surface area (Å²) in [6, 6.07) is 5.77. The number of ether oxygens (including phenoxy) is 2. The van der Waals surface area contributed by atoms with E-state index in [4.69, 9.17) is 14.5 Å². The van der Waals surface area contributed by atoms with Gasteiger partial charge in [-0.25, -0.2) is 9.97 Å². The molecule has 1 fully saturated rings. The molecule has 1 atom stereocenters. The molecule has 0 radical (unpaired) electrons. The molecule has 8 heteroatoms. The molecule has 1 aliphatic rings. The Bertz CT molecular complexity index is 1010. The molecule has 1 aliphatic heterocycles. The number of nitrogens with zero attached hydrogens (tertiary/aromatic N) is 3. The standard InChI is InChI=1S/C19H21N5O3/c1-11-6-15(22-16(7-11)19(26-3)4-5-27-10-19)18-13-9-20-17(21-12(2)25)8-14(13)23-24-18/h6-9H,4-5,10H2,1-3H3,(H,23,24)(H,20,21,25)/t19-/m1/s1. The minimum Gasteiger partial charge on any atom is -0.378 e. The van der Waals surface area contributed by atoms with Gasteiger partial charge in [0.05, 0.1) is 23.5 Å². The van der Waals surface area contributed by atoms with Crippen LogP contribution in [0.5, 0.6) is 0 Å². The van der Waals surface area contributed by atoms with Crippen molar-refractivity contribution >= 4 is 22.6 Å². The number of amides is 1. The highest BCUT2D eigenvalue weighted by Crippen LogP contribution is 2.35. The second kappa shape index (κ2) is 6.71. The molecular formula is C19H21N5O3. The normalized spacial score (nSPS) is 19.5. The van der Waals surface area contributed by atoms with Gasteiger partial charge in [0.15, 0.2) is 0 Å². The van der Waals surface area contributed by atoms with Gasteiger partial charge in [-0.3, -0.25) is 9.89 Å². The van der Waals surface area contributed by atoms with Gasteiger partial charge >= 0.3 is 0 Å². The van der Waals surface area contributed by atoms with Crippen LogP contribution in [0.3, 0.4) is 0 Å². The highest BCUT2D eigenvalue weighted by molar-refractivity contribution is 5.95. The van der Waals surface area contributed by atoms with Crippen molar-refractivity contribution in [2.75, 3.05) is 25.6 Å². The molecule has 1 amide bonds. The summed E-state index contributed by atoms with van der Waals surface area (Å²) in [6.07, 6.45) is 2.45. The first-order valence-electron chi connectivity index (χ1n) is 8.75. The van der Waals surface area contributed by atoms with E-state index in [0.717, 1.165) is 34.3 Å². The van der Waals surface area contributed by atoms with Gasteiger partial charge < -0.3 is 14.8 Å². The Balaban J connectivity index is 1.78. The van der Waals surface area contributed by atoms with Crippen LogP contribution in [-0.2, 0) is 19.9 Å². The summed E-state index contributed by atoms with van der Waals surface area (Å²) in [5.41, 5.74) is 3.62. The molecule has 3 aromatic heterocycles. The summed E-state index contributed by atoms with van der Waals surface area (Å²) >= 11 is 0. The first kappa shape index (κ1) is 17.6. The van der Waals surface area contributed by atoms with Gasteiger partial charge in [-0.15, -0.1) is 0 Å². The van der Waals surface area contributed by atoms with Gasteiger partial charge in [-0.05, 0) is 24.6 Å². The zero-order valence-electron chi connectivity index (χ0n) is 15.5. The third-order valence-electron chi connectivity index (χ3n) is 4.81. The van der Waals surface area contributed by atoms with Gasteiger partial charge in [0.25, 0.3) is 0 Å². The number of aromatic amines is 1. The minimum absolute atomic E-state index is 0.171. The quantitative estimate of drug-likeness (QED) is 0.735. The van der Waals surface area contributed by atoms with Crippen LogP contribution in [0.4, 0.5) is 5.82 Å². The predicted octanol–water partition coefficient (Wildman–Crippen LogP) is 2.55. The lowest BCUT2D eigenvalue weighted by atomic mass is 9.96. The number of methoxy groups -OCH3 is 1. The van der Waals surface area contributed by atoms with E-state index in [0.29, 0.717) is 24.7 Å². The fourth-order valence-electron chi connectivity index (χ4n) is 3.39. The zero-order chi connectivity index (χ0) is 19.0. The van der Waals surface area contributed by atoms with E-state index in [1.165, 1.54) is 6.92 Å². The Labute approximate surface area is 156 Å². The number of carbonyl (C=O) groups excluding carboxylic acids is 1. The molecule has 4 heterocycles. The number of anilines is 1. The fourth-order valence-corrected chi connectivity index (χ4v) is 3.39. The lowest BCUT2D eigenvalue weighted by Crippen LogP contribution is -2.30. The van der Waals surface area contributed by atoms with Crippen molar-refractivity contribution in [2.45, 2.75) is 25.9 Å².